The summed E-state index contributed by atoms with van der Waals surface area (Å²) >= 11 is 0. The predicted octanol–water partition coefficient (Wildman–Crippen LogP) is 4.33. The fourth-order valence-electron chi connectivity index (χ4n) is 2.54. The average molecular weight is 390 g/mol. The average Bonchev–Trinajstić information content (AvgIpc) is 3.16. The number of rotatable bonds is 5. The van der Waals surface area contributed by atoms with Crippen LogP contribution in [0.4, 0.5) is 17.6 Å². The summed E-state index contributed by atoms with van der Waals surface area (Å²) in [4.78, 5) is 27.2. The number of halogens is 4. The van der Waals surface area contributed by atoms with Crippen molar-refractivity contribution in [2.75, 3.05) is 0 Å². The minimum Gasteiger partial charge on any atom is -0.356 e. The van der Waals surface area contributed by atoms with Crippen LogP contribution in [0.5, 0.6) is 0 Å². The first-order valence-electron chi connectivity index (χ1n) is 8.17. The zero-order chi connectivity index (χ0) is 20.3. The number of amides is 1. The highest BCUT2D eigenvalue weighted by atomic mass is 19.4. The Morgan fingerprint density at radius 3 is 2.36 bits per heavy atom. The Hall–Kier alpha value is -3.42. The summed E-state index contributed by atoms with van der Waals surface area (Å²) in [7, 11) is 0. The zero-order valence-electron chi connectivity index (χ0n) is 14.3. The molecule has 0 bridgehead atoms. The molecular weight excluding hydrogens is 376 g/mol. The number of benzene rings is 2. The monoisotopic (exact) mass is 390 g/mol. The largest absolute Gasteiger partial charge is 0.416 e. The second-order valence-electron chi connectivity index (χ2n) is 6.02. The van der Waals surface area contributed by atoms with Crippen LogP contribution < -0.4 is 5.32 Å². The first-order valence-corrected chi connectivity index (χ1v) is 8.17. The van der Waals surface area contributed by atoms with Crippen LogP contribution in [0.2, 0.25) is 0 Å². The van der Waals surface area contributed by atoms with Gasteiger partial charge in [0.2, 0.25) is 0 Å². The smallest absolute Gasteiger partial charge is 0.356 e. The Bertz CT molecular complexity index is 1010. The fraction of sp³-hybridized carbons (Fsp3) is 0.100. The van der Waals surface area contributed by atoms with Crippen molar-refractivity contribution in [1.29, 1.82) is 0 Å². The molecule has 0 aliphatic carbocycles. The van der Waals surface area contributed by atoms with Crippen molar-refractivity contribution in [2.45, 2.75) is 12.7 Å². The first kappa shape index (κ1) is 19.3. The van der Waals surface area contributed by atoms with Crippen LogP contribution in [-0.2, 0) is 12.7 Å². The van der Waals surface area contributed by atoms with Crippen molar-refractivity contribution in [2.24, 2.45) is 0 Å². The lowest BCUT2D eigenvalue weighted by molar-refractivity contribution is -0.137. The second-order valence-corrected chi connectivity index (χ2v) is 6.02. The maximum atomic E-state index is 12.9. The van der Waals surface area contributed by atoms with Gasteiger partial charge >= 0.3 is 6.18 Å². The van der Waals surface area contributed by atoms with Gasteiger partial charge in [-0.1, -0.05) is 24.3 Å². The minimum atomic E-state index is -4.56. The minimum absolute atomic E-state index is 0.0613. The third-order valence-electron chi connectivity index (χ3n) is 4.01. The van der Waals surface area contributed by atoms with Crippen molar-refractivity contribution in [3.8, 4) is 0 Å². The molecule has 8 heteroatoms. The Morgan fingerprint density at radius 2 is 1.68 bits per heavy atom. The van der Waals surface area contributed by atoms with Crippen molar-refractivity contribution < 1.29 is 27.2 Å². The summed E-state index contributed by atoms with van der Waals surface area (Å²) < 4.78 is 51.3. The molecule has 0 saturated heterocycles. The molecule has 1 aromatic heterocycles. The van der Waals surface area contributed by atoms with Gasteiger partial charge in [-0.25, -0.2) is 4.39 Å². The standard InChI is InChI=1S/C20H14F4N2O2/c21-16-6-4-12(5-7-16)10-26-19(28)17-9-14(11-25-17)18(27)13-2-1-3-15(8-13)20(22,23)24/h1-9,11,25H,10H2,(H,26,28). The molecule has 1 heterocycles. The molecule has 0 aliphatic heterocycles. The number of alkyl halides is 3. The van der Waals surface area contributed by atoms with E-state index < -0.39 is 29.2 Å². The van der Waals surface area contributed by atoms with Crippen LogP contribution in [0.3, 0.4) is 0 Å². The quantitative estimate of drug-likeness (QED) is 0.503. The topological polar surface area (TPSA) is 62.0 Å². The summed E-state index contributed by atoms with van der Waals surface area (Å²) in [5, 5.41) is 2.60. The molecule has 1 amide bonds. The molecule has 0 spiro atoms. The van der Waals surface area contributed by atoms with Crippen LogP contribution in [0.1, 0.15) is 37.5 Å². The molecule has 28 heavy (non-hydrogen) atoms. The van der Waals surface area contributed by atoms with E-state index in [9.17, 15) is 27.2 Å². The highest BCUT2D eigenvalue weighted by Crippen LogP contribution is 2.30. The van der Waals surface area contributed by atoms with Gasteiger partial charge in [0.05, 0.1) is 5.56 Å². The number of carbonyl (C=O) groups is 2. The number of hydrogen-bond donors (Lipinski definition) is 2. The number of carbonyl (C=O) groups excluding carboxylic acids is 2. The fourth-order valence-corrected chi connectivity index (χ4v) is 2.54. The Labute approximate surface area is 157 Å². The van der Waals surface area contributed by atoms with Crippen LogP contribution >= 0.6 is 0 Å². The molecule has 0 fully saturated rings. The summed E-state index contributed by atoms with van der Waals surface area (Å²) in [6.07, 6.45) is -3.30. The maximum Gasteiger partial charge on any atom is 0.416 e. The van der Waals surface area contributed by atoms with Gasteiger partial charge in [-0.05, 0) is 35.9 Å². The van der Waals surface area contributed by atoms with E-state index in [1.54, 1.807) is 0 Å². The number of nitrogens with one attached hydrogen (secondary N) is 2. The van der Waals surface area contributed by atoms with E-state index in [0.717, 1.165) is 18.2 Å². The summed E-state index contributed by atoms with van der Waals surface area (Å²) in [5.41, 5.74) is -0.233. The van der Waals surface area contributed by atoms with Gasteiger partial charge in [0, 0.05) is 23.9 Å². The van der Waals surface area contributed by atoms with E-state index in [4.69, 9.17) is 0 Å². The van der Waals surface area contributed by atoms with Crippen LogP contribution in [0.15, 0.2) is 60.8 Å². The first-order chi connectivity index (χ1) is 13.2. The van der Waals surface area contributed by atoms with E-state index in [1.807, 2.05) is 0 Å². The van der Waals surface area contributed by atoms with Gasteiger partial charge < -0.3 is 10.3 Å². The molecular formula is C20H14F4N2O2. The summed E-state index contributed by atoms with van der Waals surface area (Å²) in [6.45, 7) is 0.148. The molecule has 3 rings (SSSR count). The molecule has 2 aromatic carbocycles. The number of ketones is 1. The highest BCUT2D eigenvalue weighted by molar-refractivity contribution is 6.10. The summed E-state index contributed by atoms with van der Waals surface area (Å²) in [5.74, 6) is -1.54. The molecule has 0 radical (unpaired) electrons. The van der Waals surface area contributed by atoms with Gasteiger partial charge in [0.15, 0.2) is 5.78 Å². The van der Waals surface area contributed by atoms with E-state index in [2.05, 4.69) is 10.3 Å². The lowest BCUT2D eigenvalue weighted by Crippen LogP contribution is -2.23. The molecule has 0 saturated carbocycles. The molecule has 4 nitrogen and oxygen atoms in total. The zero-order valence-corrected chi connectivity index (χ0v) is 14.3. The highest BCUT2D eigenvalue weighted by Gasteiger charge is 2.31. The second kappa shape index (κ2) is 7.67. The normalized spacial score (nSPS) is 11.3. The van der Waals surface area contributed by atoms with E-state index in [1.165, 1.54) is 42.6 Å². The van der Waals surface area contributed by atoms with Crippen LogP contribution in [0.25, 0.3) is 0 Å². The third kappa shape index (κ3) is 4.46. The lowest BCUT2D eigenvalue weighted by atomic mass is 10.0. The van der Waals surface area contributed by atoms with Gasteiger partial charge in [-0.3, -0.25) is 9.59 Å². The number of aromatic nitrogens is 1. The van der Waals surface area contributed by atoms with Crippen LogP contribution in [-0.4, -0.2) is 16.7 Å². The Morgan fingerprint density at radius 1 is 0.964 bits per heavy atom. The van der Waals surface area contributed by atoms with Gasteiger partial charge in [-0.2, -0.15) is 13.2 Å². The Kier molecular flexibility index (Phi) is 5.30. The van der Waals surface area contributed by atoms with Crippen molar-refractivity contribution in [3.05, 3.63) is 94.6 Å². The molecule has 3 aromatic rings. The van der Waals surface area contributed by atoms with E-state index in [0.29, 0.717) is 5.56 Å². The lowest BCUT2D eigenvalue weighted by Gasteiger charge is -2.07. The molecule has 144 valence electrons. The third-order valence-corrected chi connectivity index (χ3v) is 4.01. The van der Waals surface area contributed by atoms with Gasteiger partial charge in [0.25, 0.3) is 5.91 Å². The van der Waals surface area contributed by atoms with Crippen molar-refractivity contribution >= 4 is 11.7 Å². The van der Waals surface area contributed by atoms with E-state index >= 15 is 0 Å². The van der Waals surface area contributed by atoms with E-state index in [-0.39, 0.29) is 23.4 Å². The van der Waals surface area contributed by atoms with Crippen LogP contribution in [0, 0.1) is 5.82 Å². The van der Waals surface area contributed by atoms with Crippen molar-refractivity contribution in [1.82, 2.24) is 10.3 Å². The number of aromatic amines is 1. The maximum absolute atomic E-state index is 12.9. The predicted molar refractivity (Wildman–Crippen MR) is 93.2 cm³/mol. The van der Waals surface area contributed by atoms with Gasteiger partial charge in [0.1, 0.15) is 11.5 Å². The van der Waals surface area contributed by atoms with Gasteiger partial charge in [-0.15, -0.1) is 0 Å². The molecule has 0 aliphatic rings. The summed E-state index contributed by atoms with van der Waals surface area (Å²) in [6, 6.07) is 10.9. The SMILES string of the molecule is O=C(c1cccc(C(F)(F)F)c1)c1c[nH]c(C(=O)NCc2ccc(F)cc2)c1. The Balaban J connectivity index is 1.70. The molecule has 0 unspecified atom stereocenters. The molecule has 0 atom stereocenters. The van der Waals surface area contributed by atoms with Crippen molar-refractivity contribution in [3.63, 3.8) is 0 Å². The number of H-pyrrole nitrogens is 1. The number of hydrogen-bond acceptors (Lipinski definition) is 2. The molecule has 2 N–H and O–H groups in total.